The third-order valence-corrected chi connectivity index (χ3v) is 5.65. The molecule has 1 aromatic rings. The van der Waals surface area contributed by atoms with Gasteiger partial charge in [0.25, 0.3) is 0 Å². The van der Waals surface area contributed by atoms with Crippen LogP contribution in [-0.4, -0.2) is 64.3 Å². The van der Waals surface area contributed by atoms with Crippen molar-refractivity contribution in [2.24, 2.45) is 4.99 Å². The van der Waals surface area contributed by atoms with Crippen molar-refractivity contribution in [3.05, 3.63) is 11.6 Å². The van der Waals surface area contributed by atoms with Gasteiger partial charge < -0.3 is 20.1 Å². The Hall–Kier alpha value is -1.39. The zero-order valence-corrected chi connectivity index (χ0v) is 20.5. The summed E-state index contributed by atoms with van der Waals surface area (Å²) in [6.07, 6.45) is 8.06. The van der Waals surface area contributed by atoms with E-state index in [9.17, 15) is 4.79 Å². The lowest BCUT2D eigenvalue weighted by molar-refractivity contribution is -0.127. The van der Waals surface area contributed by atoms with E-state index in [1.807, 2.05) is 0 Å². The molecule has 1 unspecified atom stereocenters. The van der Waals surface area contributed by atoms with E-state index < -0.39 is 0 Å². The van der Waals surface area contributed by atoms with Crippen molar-refractivity contribution in [1.82, 2.24) is 30.3 Å². The number of rotatable bonds is 5. The van der Waals surface area contributed by atoms with Crippen LogP contribution in [0.2, 0.25) is 0 Å². The van der Waals surface area contributed by atoms with Crippen LogP contribution in [0.3, 0.4) is 0 Å². The van der Waals surface area contributed by atoms with Crippen LogP contribution < -0.4 is 10.6 Å². The first-order chi connectivity index (χ1) is 13.4. The lowest BCUT2D eigenvalue weighted by atomic mass is 9.96. The number of nitrogens with zero attached hydrogens (tertiary/aromatic N) is 5. The molecule has 0 aromatic carbocycles. The van der Waals surface area contributed by atoms with Crippen LogP contribution >= 0.6 is 24.0 Å². The molecule has 3 rings (SSSR count). The number of hydrogen-bond acceptors (Lipinski definition) is 4. The third kappa shape index (κ3) is 6.55. The molecule has 2 aliphatic rings. The Kier molecular flexibility index (Phi) is 9.16. The smallest absolute Gasteiger partial charge is 0.243 e. The quantitative estimate of drug-likeness (QED) is 0.356. The molecular formula is C20H36IN7O. The summed E-state index contributed by atoms with van der Waals surface area (Å²) in [6.45, 7) is 5.30. The summed E-state index contributed by atoms with van der Waals surface area (Å²) in [5.74, 6) is 3.24. The molecule has 0 radical (unpaired) electrons. The standard InChI is InChI=1S/C20H35N7O.HI/c1-14(2)19-25-24-17-11-10-16(13-27(17)19)23-20(21-12-18(28)26(3)4)22-15-8-6-5-7-9-15;/h14-16H,5-13H2,1-4H3,(H2,21,22,23);1H. The van der Waals surface area contributed by atoms with E-state index in [0.717, 1.165) is 37.0 Å². The number of hydrogen-bond donors (Lipinski definition) is 2. The van der Waals surface area contributed by atoms with Crippen LogP contribution in [0.15, 0.2) is 4.99 Å². The topological polar surface area (TPSA) is 87.4 Å². The Bertz CT molecular complexity index is 695. The Morgan fingerprint density at radius 2 is 1.83 bits per heavy atom. The van der Waals surface area contributed by atoms with Gasteiger partial charge in [0.05, 0.1) is 0 Å². The minimum absolute atomic E-state index is 0. The van der Waals surface area contributed by atoms with Crippen LogP contribution in [0.4, 0.5) is 0 Å². The first kappa shape index (κ1) is 23.9. The first-order valence-corrected chi connectivity index (χ1v) is 10.6. The van der Waals surface area contributed by atoms with Gasteiger partial charge in [-0.3, -0.25) is 4.79 Å². The molecule has 1 aromatic heterocycles. The SMILES string of the molecule is CC(C)c1nnc2n1CC(NC(=NCC(=O)N(C)C)NC1CCCCC1)CC2.I. The highest BCUT2D eigenvalue weighted by atomic mass is 127. The maximum Gasteiger partial charge on any atom is 0.243 e. The van der Waals surface area contributed by atoms with E-state index in [2.05, 4.69) is 44.2 Å². The van der Waals surface area contributed by atoms with Crippen molar-refractivity contribution in [3.8, 4) is 0 Å². The summed E-state index contributed by atoms with van der Waals surface area (Å²) in [5.41, 5.74) is 0. The molecule has 0 bridgehead atoms. The second-order valence-corrected chi connectivity index (χ2v) is 8.55. The summed E-state index contributed by atoms with van der Waals surface area (Å²) in [4.78, 5) is 18.2. The number of carbonyl (C=O) groups excluding carboxylic acids is 1. The Labute approximate surface area is 191 Å². The molecule has 29 heavy (non-hydrogen) atoms. The average molecular weight is 517 g/mol. The molecule has 2 heterocycles. The molecule has 1 saturated carbocycles. The highest BCUT2D eigenvalue weighted by Crippen LogP contribution is 2.20. The van der Waals surface area contributed by atoms with Crippen molar-refractivity contribution in [3.63, 3.8) is 0 Å². The number of carbonyl (C=O) groups is 1. The van der Waals surface area contributed by atoms with E-state index in [0.29, 0.717) is 12.0 Å². The number of amides is 1. The number of nitrogens with one attached hydrogen (secondary N) is 2. The van der Waals surface area contributed by atoms with Gasteiger partial charge in [-0.25, -0.2) is 4.99 Å². The highest BCUT2D eigenvalue weighted by Gasteiger charge is 2.25. The molecule has 8 nitrogen and oxygen atoms in total. The van der Waals surface area contributed by atoms with E-state index >= 15 is 0 Å². The van der Waals surface area contributed by atoms with Crippen molar-refractivity contribution in [1.29, 1.82) is 0 Å². The fourth-order valence-electron chi connectivity index (χ4n) is 3.95. The van der Waals surface area contributed by atoms with Gasteiger partial charge in [0.15, 0.2) is 5.96 Å². The van der Waals surface area contributed by atoms with Crippen molar-refractivity contribution in [2.45, 2.75) is 83.3 Å². The lowest BCUT2D eigenvalue weighted by Crippen LogP contribution is -2.50. The third-order valence-electron chi connectivity index (χ3n) is 5.65. The Morgan fingerprint density at radius 1 is 1.14 bits per heavy atom. The number of aromatic nitrogens is 3. The summed E-state index contributed by atoms with van der Waals surface area (Å²) in [7, 11) is 3.53. The predicted molar refractivity (Wildman–Crippen MR) is 126 cm³/mol. The number of aryl methyl sites for hydroxylation is 1. The molecule has 1 amide bonds. The van der Waals surface area contributed by atoms with Crippen LogP contribution in [0.25, 0.3) is 0 Å². The molecule has 0 spiro atoms. The monoisotopic (exact) mass is 517 g/mol. The minimum atomic E-state index is 0. The van der Waals surface area contributed by atoms with Crippen LogP contribution in [0, 0.1) is 0 Å². The Balaban J connectivity index is 0.00000300. The van der Waals surface area contributed by atoms with Gasteiger partial charge in [0, 0.05) is 45.1 Å². The second kappa shape index (κ2) is 11.1. The number of fused-ring (bicyclic) bond motifs is 1. The van der Waals surface area contributed by atoms with Crippen molar-refractivity contribution in [2.75, 3.05) is 20.6 Å². The van der Waals surface area contributed by atoms with Gasteiger partial charge in [-0.15, -0.1) is 34.2 Å². The fourth-order valence-corrected chi connectivity index (χ4v) is 3.95. The van der Waals surface area contributed by atoms with Gasteiger partial charge in [-0.05, 0) is 19.3 Å². The summed E-state index contributed by atoms with van der Waals surface area (Å²) < 4.78 is 2.25. The molecule has 1 atom stereocenters. The molecule has 1 aliphatic heterocycles. The molecule has 2 N–H and O–H groups in total. The average Bonchev–Trinajstić information content (AvgIpc) is 3.10. The molecule has 0 saturated heterocycles. The largest absolute Gasteiger partial charge is 0.354 e. The molecule has 1 aliphatic carbocycles. The minimum Gasteiger partial charge on any atom is -0.354 e. The summed E-state index contributed by atoms with van der Waals surface area (Å²) >= 11 is 0. The molecule has 9 heteroatoms. The number of halogens is 1. The number of guanidine groups is 1. The van der Waals surface area contributed by atoms with Gasteiger partial charge in [-0.2, -0.15) is 0 Å². The Morgan fingerprint density at radius 3 is 2.48 bits per heavy atom. The van der Waals surface area contributed by atoms with Gasteiger partial charge in [0.2, 0.25) is 5.91 Å². The lowest BCUT2D eigenvalue weighted by Gasteiger charge is -2.30. The molecular weight excluding hydrogens is 481 g/mol. The number of aliphatic imine (C=N–C) groups is 1. The van der Waals surface area contributed by atoms with Crippen LogP contribution in [-0.2, 0) is 17.8 Å². The maximum atomic E-state index is 12.0. The van der Waals surface area contributed by atoms with E-state index in [1.165, 1.54) is 32.1 Å². The van der Waals surface area contributed by atoms with E-state index in [-0.39, 0.29) is 42.5 Å². The van der Waals surface area contributed by atoms with E-state index in [1.54, 1.807) is 19.0 Å². The number of likely N-dealkylation sites (N-methyl/N-ethyl adjacent to an activating group) is 1. The normalized spacial score (nSPS) is 20.0. The molecule has 164 valence electrons. The van der Waals surface area contributed by atoms with Crippen LogP contribution in [0.1, 0.15) is 69.9 Å². The summed E-state index contributed by atoms with van der Waals surface area (Å²) in [6, 6.07) is 0.694. The van der Waals surface area contributed by atoms with Crippen molar-refractivity contribution >= 4 is 35.8 Å². The highest BCUT2D eigenvalue weighted by molar-refractivity contribution is 14.0. The van der Waals surface area contributed by atoms with Gasteiger partial charge >= 0.3 is 0 Å². The fraction of sp³-hybridized carbons (Fsp3) is 0.800. The summed E-state index contributed by atoms with van der Waals surface area (Å²) in [5, 5.41) is 15.9. The zero-order chi connectivity index (χ0) is 20.1. The van der Waals surface area contributed by atoms with E-state index in [4.69, 9.17) is 0 Å². The molecule has 1 fully saturated rings. The maximum absolute atomic E-state index is 12.0. The second-order valence-electron chi connectivity index (χ2n) is 8.55. The van der Waals surface area contributed by atoms with Crippen molar-refractivity contribution < 1.29 is 4.79 Å². The predicted octanol–water partition coefficient (Wildman–Crippen LogP) is 2.29. The van der Waals surface area contributed by atoms with Crippen LogP contribution in [0.5, 0.6) is 0 Å². The zero-order valence-electron chi connectivity index (χ0n) is 18.1. The van der Waals surface area contributed by atoms with Gasteiger partial charge in [-0.1, -0.05) is 33.1 Å². The first-order valence-electron chi connectivity index (χ1n) is 10.6. The van der Waals surface area contributed by atoms with Gasteiger partial charge in [0.1, 0.15) is 18.2 Å².